The molecule has 0 amide bonds. The highest BCUT2D eigenvalue weighted by molar-refractivity contribution is 7.10. The minimum absolute atomic E-state index is 0.0220. The molecule has 2 rings (SSSR count). The van der Waals surface area contributed by atoms with Crippen LogP contribution in [0.5, 0.6) is 5.75 Å². The maximum absolute atomic E-state index is 10.9. The lowest BCUT2D eigenvalue weighted by atomic mass is 10.1. The van der Waals surface area contributed by atoms with Gasteiger partial charge in [-0.1, -0.05) is 19.4 Å². The highest BCUT2D eigenvalue weighted by Crippen LogP contribution is 2.33. The van der Waals surface area contributed by atoms with Crippen molar-refractivity contribution >= 4 is 22.7 Å². The van der Waals surface area contributed by atoms with Gasteiger partial charge in [0.2, 0.25) is 0 Å². The van der Waals surface area contributed by atoms with Gasteiger partial charge in [-0.25, -0.2) is 0 Å². The second-order valence-corrected chi connectivity index (χ2v) is 5.62. The summed E-state index contributed by atoms with van der Waals surface area (Å²) in [7, 11) is 1.44. The first-order valence-electron chi connectivity index (χ1n) is 6.78. The third-order valence-corrected chi connectivity index (χ3v) is 4.17. The van der Waals surface area contributed by atoms with Gasteiger partial charge in [0.1, 0.15) is 0 Å². The summed E-state index contributed by atoms with van der Waals surface area (Å²) in [5, 5.41) is 16.4. The molecular weight excluding hydrogens is 288 g/mol. The summed E-state index contributed by atoms with van der Waals surface area (Å²) in [6, 6.07) is 9.20. The van der Waals surface area contributed by atoms with E-state index in [0.717, 1.165) is 18.5 Å². The Labute approximate surface area is 127 Å². The first-order chi connectivity index (χ1) is 10.2. The summed E-state index contributed by atoms with van der Waals surface area (Å²) in [6.45, 7) is 2.14. The molecule has 1 unspecified atom stereocenters. The van der Waals surface area contributed by atoms with E-state index in [1.165, 1.54) is 18.1 Å². The number of hydrogen-bond donors (Lipinski definition) is 1. The molecule has 0 aliphatic heterocycles. The quantitative estimate of drug-likeness (QED) is 0.599. The molecule has 1 heterocycles. The SMILES string of the molecule is CCCC(Nc1ccc([N+](=O)[O-])c(OC)c1)c1cccs1. The van der Waals surface area contributed by atoms with E-state index in [2.05, 4.69) is 23.7 Å². The van der Waals surface area contributed by atoms with Gasteiger partial charge in [-0.15, -0.1) is 11.3 Å². The smallest absolute Gasteiger partial charge is 0.311 e. The molecule has 0 saturated carbocycles. The summed E-state index contributed by atoms with van der Waals surface area (Å²) in [5.74, 6) is 0.270. The molecule has 0 aliphatic rings. The van der Waals surface area contributed by atoms with Crippen molar-refractivity contribution in [2.24, 2.45) is 0 Å². The molecule has 0 spiro atoms. The van der Waals surface area contributed by atoms with Crippen LogP contribution in [0.3, 0.4) is 0 Å². The molecule has 0 radical (unpaired) electrons. The number of hydrogen-bond acceptors (Lipinski definition) is 5. The van der Waals surface area contributed by atoms with Gasteiger partial charge < -0.3 is 10.1 Å². The van der Waals surface area contributed by atoms with E-state index in [1.807, 2.05) is 6.07 Å². The lowest BCUT2D eigenvalue weighted by Gasteiger charge is -2.18. The third kappa shape index (κ3) is 3.72. The average Bonchev–Trinajstić information content (AvgIpc) is 3.00. The van der Waals surface area contributed by atoms with Crippen LogP contribution in [0, 0.1) is 10.1 Å². The van der Waals surface area contributed by atoms with Gasteiger partial charge in [0.25, 0.3) is 0 Å². The van der Waals surface area contributed by atoms with Crippen LogP contribution in [0.25, 0.3) is 0 Å². The van der Waals surface area contributed by atoms with Crippen molar-refractivity contribution in [2.75, 3.05) is 12.4 Å². The lowest BCUT2D eigenvalue weighted by Crippen LogP contribution is -2.09. The van der Waals surface area contributed by atoms with E-state index in [4.69, 9.17) is 4.74 Å². The predicted octanol–water partition coefficient (Wildman–Crippen LogP) is 4.62. The molecule has 0 fully saturated rings. The van der Waals surface area contributed by atoms with Crippen LogP contribution in [-0.2, 0) is 0 Å². The lowest BCUT2D eigenvalue weighted by molar-refractivity contribution is -0.385. The van der Waals surface area contributed by atoms with Crippen molar-refractivity contribution in [3.8, 4) is 5.75 Å². The van der Waals surface area contributed by atoms with Gasteiger partial charge in [0.15, 0.2) is 5.75 Å². The van der Waals surface area contributed by atoms with Gasteiger partial charge in [0, 0.05) is 22.7 Å². The first kappa shape index (κ1) is 15.3. The number of rotatable bonds is 7. The second-order valence-electron chi connectivity index (χ2n) is 4.64. The monoisotopic (exact) mass is 306 g/mol. The molecular formula is C15H18N2O3S. The zero-order valence-corrected chi connectivity index (χ0v) is 12.9. The van der Waals surface area contributed by atoms with E-state index < -0.39 is 4.92 Å². The number of methoxy groups -OCH3 is 1. The summed E-state index contributed by atoms with van der Waals surface area (Å²) in [4.78, 5) is 11.7. The maximum atomic E-state index is 10.9. The van der Waals surface area contributed by atoms with Crippen molar-refractivity contribution in [3.63, 3.8) is 0 Å². The first-order valence-corrected chi connectivity index (χ1v) is 7.66. The largest absolute Gasteiger partial charge is 0.490 e. The van der Waals surface area contributed by atoms with Gasteiger partial charge in [-0.05, 0) is 23.9 Å². The number of anilines is 1. The highest BCUT2D eigenvalue weighted by atomic mass is 32.1. The Balaban J connectivity index is 2.23. The number of nitro groups is 1. The van der Waals surface area contributed by atoms with Crippen LogP contribution in [0.2, 0.25) is 0 Å². The standard InChI is InChI=1S/C15H18N2O3S/c1-3-5-12(15-6-4-9-21-15)16-11-7-8-13(17(18)19)14(10-11)20-2/h4,6-10,12,16H,3,5H2,1-2H3. The molecule has 2 aromatic rings. The number of nitro benzene ring substituents is 1. The van der Waals surface area contributed by atoms with Crippen LogP contribution in [0.4, 0.5) is 11.4 Å². The zero-order chi connectivity index (χ0) is 15.2. The van der Waals surface area contributed by atoms with Crippen LogP contribution >= 0.6 is 11.3 Å². The minimum Gasteiger partial charge on any atom is -0.490 e. The number of nitrogens with one attached hydrogen (secondary N) is 1. The highest BCUT2D eigenvalue weighted by Gasteiger charge is 2.17. The molecule has 0 aliphatic carbocycles. The van der Waals surface area contributed by atoms with Crippen molar-refractivity contribution in [2.45, 2.75) is 25.8 Å². The van der Waals surface area contributed by atoms with Crippen LogP contribution in [0.15, 0.2) is 35.7 Å². The Morgan fingerprint density at radius 2 is 2.24 bits per heavy atom. The fourth-order valence-electron chi connectivity index (χ4n) is 2.18. The normalized spacial score (nSPS) is 11.9. The summed E-state index contributed by atoms with van der Waals surface area (Å²) in [5.41, 5.74) is 0.801. The number of thiophene rings is 1. The van der Waals surface area contributed by atoms with Crippen molar-refractivity contribution in [3.05, 3.63) is 50.7 Å². The van der Waals surface area contributed by atoms with Crippen LogP contribution in [0.1, 0.15) is 30.7 Å². The van der Waals surface area contributed by atoms with E-state index >= 15 is 0 Å². The molecule has 1 atom stereocenters. The Morgan fingerprint density at radius 3 is 2.81 bits per heavy atom. The average molecular weight is 306 g/mol. The summed E-state index contributed by atoms with van der Waals surface area (Å²) >= 11 is 1.71. The number of ether oxygens (including phenoxy) is 1. The second kappa shape index (κ2) is 7.08. The Kier molecular flexibility index (Phi) is 5.16. The van der Waals surface area contributed by atoms with Gasteiger partial charge in [0.05, 0.1) is 18.1 Å². The number of nitrogens with zero attached hydrogens (tertiary/aromatic N) is 1. The number of benzene rings is 1. The molecule has 112 valence electrons. The van der Waals surface area contributed by atoms with Crippen molar-refractivity contribution < 1.29 is 9.66 Å². The van der Waals surface area contributed by atoms with Crippen molar-refractivity contribution in [1.82, 2.24) is 0 Å². The minimum atomic E-state index is -0.439. The summed E-state index contributed by atoms with van der Waals surface area (Å²) < 4.78 is 5.10. The van der Waals surface area contributed by atoms with Gasteiger partial charge in [-0.2, -0.15) is 0 Å². The Bertz CT molecular complexity index is 599. The predicted molar refractivity (Wildman–Crippen MR) is 85.2 cm³/mol. The summed E-state index contributed by atoms with van der Waals surface area (Å²) in [6.07, 6.45) is 2.06. The Morgan fingerprint density at radius 1 is 1.43 bits per heavy atom. The molecule has 0 bridgehead atoms. The van der Waals surface area contributed by atoms with E-state index in [9.17, 15) is 10.1 Å². The van der Waals surface area contributed by atoms with Gasteiger partial charge >= 0.3 is 5.69 Å². The zero-order valence-electron chi connectivity index (χ0n) is 12.0. The maximum Gasteiger partial charge on any atom is 0.311 e. The topological polar surface area (TPSA) is 64.4 Å². The molecule has 1 aromatic heterocycles. The van der Waals surface area contributed by atoms with E-state index in [-0.39, 0.29) is 17.5 Å². The molecule has 21 heavy (non-hydrogen) atoms. The third-order valence-electron chi connectivity index (χ3n) is 3.18. The van der Waals surface area contributed by atoms with Gasteiger partial charge in [-0.3, -0.25) is 10.1 Å². The van der Waals surface area contributed by atoms with E-state index in [0.29, 0.717) is 0 Å². The van der Waals surface area contributed by atoms with E-state index in [1.54, 1.807) is 23.5 Å². The fraction of sp³-hybridized carbons (Fsp3) is 0.333. The molecule has 5 nitrogen and oxygen atoms in total. The fourth-order valence-corrected chi connectivity index (χ4v) is 3.00. The molecule has 0 saturated heterocycles. The molecule has 1 aromatic carbocycles. The molecule has 6 heteroatoms. The van der Waals surface area contributed by atoms with Crippen LogP contribution in [-0.4, -0.2) is 12.0 Å². The van der Waals surface area contributed by atoms with Crippen molar-refractivity contribution in [1.29, 1.82) is 0 Å². The van der Waals surface area contributed by atoms with Crippen LogP contribution < -0.4 is 10.1 Å². The Hall–Kier alpha value is -2.08. The molecule has 1 N–H and O–H groups in total.